The van der Waals surface area contributed by atoms with Crippen molar-refractivity contribution >= 4 is 29.9 Å². The summed E-state index contributed by atoms with van der Waals surface area (Å²) in [6.07, 6.45) is 1.78. The minimum atomic E-state index is -0.151. The molecule has 1 atom stereocenters. The van der Waals surface area contributed by atoms with Crippen molar-refractivity contribution in [3.63, 3.8) is 0 Å². The van der Waals surface area contributed by atoms with Crippen molar-refractivity contribution in [2.45, 2.75) is 32.7 Å². The number of hydrogen-bond donors (Lipinski definition) is 2. The average molecular weight is 436 g/mol. The smallest absolute Gasteiger partial charge is 0.191 e. The highest BCUT2D eigenvalue weighted by Gasteiger charge is 2.06. The Labute approximate surface area is 157 Å². The highest BCUT2D eigenvalue weighted by molar-refractivity contribution is 14.0. The lowest BCUT2D eigenvalue weighted by Gasteiger charge is -2.24. The molecule has 6 heteroatoms. The summed E-state index contributed by atoms with van der Waals surface area (Å²) in [4.78, 5) is 6.50. The van der Waals surface area contributed by atoms with Gasteiger partial charge in [0.2, 0.25) is 0 Å². The highest BCUT2D eigenvalue weighted by Crippen LogP contribution is 2.06. The van der Waals surface area contributed by atoms with Crippen LogP contribution in [0.15, 0.2) is 29.3 Å². The van der Waals surface area contributed by atoms with Gasteiger partial charge in [-0.25, -0.2) is 4.39 Å². The molecule has 1 aromatic carbocycles. The molecule has 0 saturated carbocycles. The van der Waals surface area contributed by atoms with Gasteiger partial charge < -0.3 is 15.5 Å². The first kappa shape index (κ1) is 22.1. The zero-order valence-electron chi connectivity index (χ0n) is 14.6. The van der Waals surface area contributed by atoms with Gasteiger partial charge in [0.15, 0.2) is 5.96 Å². The third kappa shape index (κ3) is 8.50. The Kier molecular flexibility index (Phi) is 12.0. The van der Waals surface area contributed by atoms with Crippen molar-refractivity contribution in [3.05, 3.63) is 35.6 Å². The number of halogens is 2. The van der Waals surface area contributed by atoms with Crippen LogP contribution in [0.3, 0.4) is 0 Å². The first-order valence-corrected chi connectivity index (χ1v) is 7.96. The summed E-state index contributed by atoms with van der Waals surface area (Å²) in [7, 11) is 3.88. The molecule has 1 rings (SSSR count). The van der Waals surface area contributed by atoms with Crippen LogP contribution in [-0.2, 0) is 6.42 Å². The zero-order valence-corrected chi connectivity index (χ0v) is 16.9. The van der Waals surface area contributed by atoms with Gasteiger partial charge in [-0.05, 0) is 38.4 Å². The topological polar surface area (TPSA) is 39.7 Å². The average Bonchev–Trinajstić information content (AvgIpc) is 2.54. The molecule has 23 heavy (non-hydrogen) atoms. The molecule has 2 N–H and O–H groups in total. The Morgan fingerprint density at radius 2 is 1.91 bits per heavy atom. The van der Waals surface area contributed by atoms with E-state index in [1.807, 2.05) is 12.1 Å². The van der Waals surface area contributed by atoms with E-state index in [1.165, 1.54) is 6.07 Å². The summed E-state index contributed by atoms with van der Waals surface area (Å²) in [5.74, 6) is 0.608. The predicted octanol–water partition coefficient (Wildman–Crippen LogP) is 2.88. The Hall–Kier alpha value is -0.890. The van der Waals surface area contributed by atoms with Gasteiger partial charge in [-0.3, -0.25) is 4.99 Å². The molecule has 1 aromatic rings. The number of aliphatic imine (C=N–C) groups is 1. The fourth-order valence-corrected chi connectivity index (χ4v) is 2.12. The first-order valence-electron chi connectivity index (χ1n) is 7.96. The van der Waals surface area contributed by atoms with Gasteiger partial charge in [0.1, 0.15) is 5.82 Å². The van der Waals surface area contributed by atoms with Crippen LogP contribution >= 0.6 is 24.0 Å². The predicted molar refractivity (Wildman–Crippen MR) is 107 cm³/mol. The van der Waals surface area contributed by atoms with E-state index in [2.05, 4.69) is 41.4 Å². The standard InChI is InChI=1S/C17H29FN4.HI/c1-5-14(2)22(4)13-12-21-17(19-3)20-11-10-15-8-6-7-9-16(15)18;/h6-9,14H,5,10-13H2,1-4H3,(H2,19,20,21);1H. The van der Waals surface area contributed by atoms with E-state index in [0.717, 1.165) is 31.0 Å². The Bertz CT molecular complexity index is 468. The molecule has 1 unspecified atom stereocenters. The fraction of sp³-hybridized carbons (Fsp3) is 0.588. The number of benzene rings is 1. The SMILES string of the molecule is CCC(C)N(C)CCNC(=NC)NCCc1ccccc1F.I. The van der Waals surface area contributed by atoms with Gasteiger partial charge in [0, 0.05) is 32.7 Å². The summed E-state index contributed by atoms with van der Waals surface area (Å²) >= 11 is 0. The molecule has 0 aliphatic heterocycles. The normalized spacial score (nSPS) is 12.7. The molecule has 0 spiro atoms. The number of likely N-dealkylation sites (N-methyl/N-ethyl adjacent to an activating group) is 1. The van der Waals surface area contributed by atoms with E-state index in [4.69, 9.17) is 0 Å². The van der Waals surface area contributed by atoms with Gasteiger partial charge >= 0.3 is 0 Å². The minimum Gasteiger partial charge on any atom is -0.356 e. The molecule has 0 aliphatic carbocycles. The lowest BCUT2D eigenvalue weighted by atomic mass is 10.1. The van der Waals surface area contributed by atoms with Crippen molar-refractivity contribution in [2.24, 2.45) is 4.99 Å². The minimum absolute atomic E-state index is 0. The van der Waals surface area contributed by atoms with Gasteiger partial charge in [0.05, 0.1) is 0 Å². The van der Waals surface area contributed by atoms with Crippen molar-refractivity contribution in [2.75, 3.05) is 33.7 Å². The quantitative estimate of drug-likeness (QED) is 0.374. The number of nitrogens with one attached hydrogen (secondary N) is 2. The van der Waals surface area contributed by atoms with Gasteiger partial charge in [-0.15, -0.1) is 24.0 Å². The molecular formula is C17H30FIN4. The van der Waals surface area contributed by atoms with E-state index in [0.29, 0.717) is 19.0 Å². The van der Waals surface area contributed by atoms with E-state index in [1.54, 1.807) is 13.1 Å². The van der Waals surface area contributed by atoms with Crippen molar-refractivity contribution in [1.82, 2.24) is 15.5 Å². The van der Waals surface area contributed by atoms with E-state index in [-0.39, 0.29) is 29.8 Å². The molecule has 132 valence electrons. The number of nitrogens with zero attached hydrogens (tertiary/aromatic N) is 2. The molecule has 0 bridgehead atoms. The summed E-state index contributed by atoms with van der Waals surface area (Å²) in [5.41, 5.74) is 0.724. The molecule has 0 aliphatic rings. The molecule has 0 heterocycles. The molecule has 0 saturated heterocycles. The first-order chi connectivity index (χ1) is 10.6. The fourth-order valence-electron chi connectivity index (χ4n) is 2.12. The van der Waals surface area contributed by atoms with Crippen LogP contribution in [0.4, 0.5) is 4.39 Å². The molecule has 0 radical (unpaired) electrons. The van der Waals surface area contributed by atoms with E-state index in [9.17, 15) is 4.39 Å². The van der Waals surface area contributed by atoms with Crippen LogP contribution in [0.1, 0.15) is 25.8 Å². The highest BCUT2D eigenvalue weighted by atomic mass is 127. The Morgan fingerprint density at radius 3 is 2.52 bits per heavy atom. The second kappa shape index (κ2) is 12.5. The maximum Gasteiger partial charge on any atom is 0.191 e. The number of rotatable bonds is 8. The Balaban J connectivity index is 0.00000484. The van der Waals surface area contributed by atoms with Crippen molar-refractivity contribution in [3.8, 4) is 0 Å². The molecule has 0 amide bonds. The van der Waals surface area contributed by atoms with Crippen LogP contribution in [0, 0.1) is 5.82 Å². The molecule has 0 fully saturated rings. The third-order valence-electron chi connectivity index (χ3n) is 3.97. The van der Waals surface area contributed by atoms with Gasteiger partial charge in [-0.2, -0.15) is 0 Å². The number of guanidine groups is 1. The maximum atomic E-state index is 13.5. The second-order valence-corrected chi connectivity index (χ2v) is 5.51. The summed E-state index contributed by atoms with van der Waals surface area (Å²) < 4.78 is 13.5. The van der Waals surface area contributed by atoms with Crippen LogP contribution in [0.25, 0.3) is 0 Å². The Morgan fingerprint density at radius 1 is 1.26 bits per heavy atom. The largest absolute Gasteiger partial charge is 0.356 e. The third-order valence-corrected chi connectivity index (χ3v) is 3.97. The van der Waals surface area contributed by atoms with Crippen LogP contribution in [0.2, 0.25) is 0 Å². The van der Waals surface area contributed by atoms with Gasteiger partial charge in [0.25, 0.3) is 0 Å². The summed E-state index contributed by atoms with van der Waals surface area (Å²) in [6, 6.07) is 7.45. The van der Waals surface area contributed by atoms with E-state index < -0.39 is 0 Å². The zero-order chi connectivity index (χ0) is 16.4. The van der Waals surface area contributed by atoms with E-state index >= 15 is 0 Å². The monoisotopic (exact) mass is 436 g/mol. The summed E-state index contributed by atoms with van der Waals surface area (Å²) in [5, 5.41) is 6.50. The van der Waals surface area contributed by atoms with Crippen molar-refractivity contribution < 1.29 is 4.39 Å². The lowest BCUT2D eigenvalue weighted by Crippen LogP contribution is -2.42. The maximum absolute atomic E-state index is 13.5. The molecule has 0 aromatic heterocycles. The molecule has 4 nitrogen and oxygen atoms in total. The van der Waals surface area contributed by atoms with Crippen LogP contribution in [-0.4, -0.2) is 50.6 Å². The lowest BCUT2D eigenvalue weighted by molar-refractivity contribution is 0.255. The van der Waals surface area contributed by atoms with Gasteiger partial charge in [-0.1, -0.05) is 25.1 Å². The van der Waals surface area contributed by atoms with Crippen molar-refractivity contribution in [1.29, 1.82) is 0 Å². The van der Waals surface area contributed by atoms with Crippen LogP contribution in [0.5, 0.6) is 0 Å². The van der Waals surface area contributed by atoms with Crippen LogP contribution < -0.4 is 10.6 Å². The number of hydrogen-bond acceptors (Lipinski definition) is 2. The molecular weight excluding hydrogens is 406 g/mol. The summed E-state index contributed by atoms with van der Waals surface area (Å²) in [6.45, 7) is 6.87. The second-order valence-electron chi connectivity index (χ2n) is 5.51.